The van der Waals surface area contributed by atoms with Gasteiger partial charge in [0.15, 0.2) is 0 Å². The van der Waals surface area contributed by atoms with Crippen LogP contribution in [-0.4, -0.2) is 39.8 Å². The van der Waals surface area contributed by atoms with Gasteiger partial charge in [-0.05, 0) is 25.8 Å². The van der Waals surface area contributed by atoms with Gasteiger partial charge in [-0.1, -0.05) is 17.7 Å². The van der Waals surface area contributed by atoms with E-state index in [0.717, 1.165) is 18.4 Å². The Morgan fingerprint density at radius 3 is 2.67 bits per heavy atom. The minimum absolute atomic E-state index is 0.0310. The van der Waals surface area contributed by atoms with Gasteiger partial charge in [-0.25, -0.2) is 9.78 Å². The average molecular weight is 311 g/mol. The maximum absolute atomic E-state index is 12.0. The maximum atomic E-state index is 12.0. The van der Waals surface area contributed by atoms with Gasteiger partial charge in [0, 0.05) is 36.7 Å². The number of halogens is 1. The van der Waals surface area contributed by atoms with Crippen molar-refractivity contribution in [3.05, 3.63) is 29.0 Å². The molecule has 2 aliphatic rings. The third kappa shape index (κ3) is 2.60. The zero-order valence-corrected chi connectivity index (χ0v) is 12.7. The van der Waals surface area contributed by atoms with Crippen molar-refractivity contribution in [2.45, 2.75) is 50.3 Å². The van der Waals surface area contributed by atoms with Gasteiger partial charge in [-0.2, -0.15) is 0 Å². The predicted molar refractivity (Wildman–Crippen MR) is 78.0 cm³/mol. The second kappa shape index (κ2) is 5.46. The lowest BCUT2D eigenvalue weighted by atomic mass is 9.81. The van der Waals surface area contributed by atoms with E-state index < -0.39 is 5.60 Å². The number of nitrogens with zero attached hydrogens (tertiary/aromatic N) is 2. The normalized spacial score (nSPS) is 31.3. The Hall–Kier alpha value is -1.33. The Kier molecular flexibility index (Phi) is 3.80. The van der Waals surface area contributed by atoms with Crippen molar-refractivity contribution in [2.24, 2.45) is 0 Å². The van der Waals surface area contributed by atoms with Crippen LogP contribution in [0.1, 0.15) is 38.2 Å². The van der Waals surface area contributed by atoms with E-state index in [9.17, 15) is 9.90 Å². The van der Waals surface area contributed by atoms with Gasteiger partial charge in [-0.3, -0.25) is 0 Å². The number of carbonyl (C=O) groups is 1. The van der Waals surface area contributed by atoms with Crippen molar-refractivity contribution in [3.8, 4) is 0 Å². The number of carbonyl (C=O) groups excluding carboxylic acids is 1. The maximum Gasteiger partial charge on any atom is 0.410 e. The number of pyridine rings is 1. The number of aliphatic hydroxyl groups is 1. The van der Waals surface area contributed by atoms with Crippen LogP contribution >= 0.6 is 11.6 Å². The van der Waals surface area contributed by atoms with Gasteiger partial charge in [0.2, 0.25) is 0 Å². The fraction of sp³-hybridized carbons (Fsp3) is 0.600. The first-order chi connectivity index (χ1) is 10.0. The molecule has 3 rings (SSSR count). The van der Waals surface area contributed by atoms with Gasteiger partial charge in [0.05, 0.1) is 12.2 Å². The second-order valence-corrected chi connectivity index (χ2v) is 6.19. The zero-order chi connectivity index (χ0) is 15.0. The molecular formula is C15H19ClN2O3. The lowest BCUT2D eigenvalue weighted by Crippen LogP contribution is -2.52. The highest BCUT2D eigenvalue weighted by Gasteiger charge is 2.50. The SMILES string of the molecule is CCOC(=O)N1[C@@H]2CC[C@H]1CC(O)(c1ccc(Cl)nc1)C2. The molecule has 0 radical (unpaired) electrons. The molecule has 3 atom stereocenters. The molecule has 0 spiro atoms. The van der Waals surface area contributed by atoms with Crippen LogP contribution in [0, 0.1) is 0 Å². The van der Waals surface area contributed by atoms with E-state index in [0.29, 0.717) is 24.6 Å². The molecule has 0 saturated carbocycles. The molecule has 1 aromatic heterocycles. The van der Waals surface area contributed by atoms with Crippen LogP contribution in [-0.2, 0) is 10.3 Å². The van der Waals surface area contributed by atoms with Crippen molar-refractivity contribution < 1.29 is 14.6 Å². The van der Waals surface area contributed by atoms with Gasteiger partial charge in [0.25, 0.3) is 0 Å². The Balaban J connectivity index is 1.81. The number of hydrogen-bond donors (Lipinski definition) is 1. The first kappa shape index (κ1) is 14.6. The molecule has 0 aliphatic carbocycles. The van der Waals surface area contributed by atoms with Crippen molar-refractivity contribution >= 4 is 17.7 Å². The topological polar surface area (TPSA) is 62.7 Å². The van der Waals surface area contributed by atoms with Gasteiger partial charge in [0.1, 0.15) is 5.15 Å². The fourth-order valence-corrected chi connectivity index (χ4v) is 3.72. The molecular weight excluding hydrogens is 292 g/mol. The Bertz CT molecular complexity index is 520. The van der Waals surface area contributed by atoms with Gasteiger partial charge < -0.3 is 14.7 Å². The molecule has 21 heavy (non-hydrogen) atoms. The second-order valence-electron chi connectivity index (χ2n) is 5.80. The van der Waals surface area contributed by atoms with Crippen LogP contribution in [0.5, 0.6) is 0 Å². The summed E-state index contributed by atoms with van der Waals surface area (Å²) in [5.74, 6) is 0. The Morgan fingerprint density at radius 2 is 2.14 bits per heavy atom. The lowest BCUT2D eigenvalue weighted by molar-refractivity contribution is -0.0527. The van der Waals surface area contributed by atoms with E-state index in [1.54, 1.807) is 24.1 Å². The van der Waals surface area contributed by atoms with Gasteiger partial charge in [-0.15, -0.1) is 0 Å². The molecule has 2 fully saturated rings. The van der Waals surface area contributed by atoms with E-state index in [1.165, 1.54) is 0 Å². The molecule has 6 heteroatoms. The molecule has 0 aromatic carbocycles. The summed E-state index contributed by atoms with van der Waals surface area (Å²) in [6.07, 6.45) is 4.22. The minimum atomic E-state index is -0.938. The summed E-state index contributed by atoms with van der Waals surface area (Å²) in [6.45, 7) is 2.18. The van der Waals surface area contributed by atoms with Crippen LogP contribution in [0.15, 0.2) is 18.3 Å². The highest BCUT2D eigenvalue weighted by molar-refractivity contribution is 6.29. The molecule has 2 aliphatic heterocycles. The van der Waals surface area contributed by atoms with Crippen LogP contribution < -0.4 is 0 Å². The molecule has 114 valence electrons. The molecule has 2 bridgehead atoms. The van der Waals surface area contributed by atoms with Crippen LogP contribution in [0.2, 0.25) is 5.15 Å². The van der Waals surface area contributed by atoms with Crippen molar-refractivity contribution in [3.63, 3.8) is 0 Å². The zero-order valence-electron chi connectivity index (χ0n) is 12.0. The fourth-order valence-electron chi connectivity index (χ4n) is 3.61. The summed E-state index contributed by atoms with van der Waals surface area (Å²) in [5, 5.41) is 11.4. The summed E-state index contributed by atoms with van der Waals surface area (Å²) in [5.41, 5.74) is -0.167. The molecule has 5 nitrogen and oxygen atoms in total. The van der Waals surface area contributed by atoms with E-state index >= 15 is 0 Å². The van der Waals surface area contributed by atoms with E-state index in [4.69, 9.17) is 16.3 Å². The highest BCUT2D eigenvalue weighted by Crippen LogP contribution is 2.45. The summed E-state index contributed by atoms with van der Waals surface area (Å²) >= 11 is 5.80. The number of hydrogen-bond acceptors (Lipinski definition) is 4. The molecule has 1 unspecified atom stereocenters. The first-order valence-corrected chi connectivity index (χ1v) is 7.71. The third-order valence-corrected chi connectivity index (χ3v) is 4.73. The quantitative estimate of drug-likeness (QED) is 0.853. The third-order valence-electron chi connectivity index (χ3n) is 4.51. The van der Waals surface area contributed by atoms with Crippen LogP contribution in [0.4, 0.5) is 4.79 Å². The lowest BCUT2D eigenvalue weighted by Gasteiger charge is -2.43. The van der Waals surface area contributed by atoms with Crippen molar-refractivity contribution in [2.75, 3.05) is 6.61 Å². The van der Waals surface area contributed by atoms with E-state index in [-0.39, 0.29) is 18.2 Å². The van der Waals surface area contributed by atoms with E-state index in [1.807, 2.05) is 6.07 Å². The number of amides is 1. The number of aromatic nitrogens is 1. The summed E-state index contributed by atoms with van der Waals surface area (Å²) < 4.78 is 5.13. The molecule has 2 saturated heterocycles. The van der Waals surface area contributed by atoms with Crippen LogP contribution in [0.3, 0.4) is 0 Å². The first-order valence-electron chi connectivity index (χ1n) is 7.33. The summed E-state index contributed by atoms with van der Waals surface area (Å²) in [4.78, 5) is 17.9. The van der Waals surface area contributed by atoms with Crippen molar-refractivity contribution in [1.29, 1.82) is 0 Å². The molecule has 1 N–H and O–H groups in total. The Labute approximate surface area is 128 Å². The smallest absolute Gasteiger partial charge is 0.410 e. The molecule has 1 aromatic rings. The average Bonchev–Trinajstić information content (AvgIpc) is 2.73. The van der Waals surface area contributed by atoms with E-state index in [2.05, 4.69) is 4.98 Å². The number of fused-ring (bicyclic) bond motifs is 2. The number of piperidine rings is 1. The summed E-state index contributed by atoms with van der Waals surface area (Å²) in [6, 6.07) is 3.57. The van der Waals surface area contributed by atoms with Crippen molar-refractivity contribution in [1.82, 2.24) is 9.88 Å². The molecule has 3 heterocycles. The summed E-state index contributed by atoms with van der Waals surface area (Å²) in [7, 11) is 0. The highest BCUT2D eigenvalue weighted by atomic mass is 35.5. The van der Waals surface area contributed by atoms with Crippen LogP contribution in [0.25, 0.3) is 0 Å². The standard InChI is InChI=1S/C15H19ClN2O3/c1-2-21-14(19)18-11-4-5-12(18)8-15(20,7-11)10-3-6-13(16)17-9-10/h3,6,9,11-12,20H,2,4-5,7-8H2,1H3/t11-,12+,15?. The Morgan fingerprint density at radius 1 is 1.48 bits per heavy atom. The molecule has 1 amide bonds. The number of ether oxygens (including phenoxy) is 1. The largest absolute Gasteiger partial charge is 0.450 e. The van der Waals surface area contributed by atoms with Gasteiger partial charge >= 0.3 is 6.09 Å². The monoisotopic (exact) mass is 310 g/mol. The minimum Gasteiger partial charge on any atom is -0.450 e. The number of rotatable bonds is 2. The predicted octanol–water partition coefficient (Wildman–Crippen LogP) is 2.71.